The monoisotopic (exact) mass is 340 g/mol. The molecule has 2 N–H and O–H groups in total. The molecule has 23 heavy (non-hydrogen) atoms. The van der Waals surface area contributed by atoms with Crippen molar-refractivity contribution in [2.45, 2.75) is 32.1 Å². The number of anilines is 1. The Labute approximate surface area is 142 Å². The van der Waals surface area contributed by atoms with Gasteiger partial charge in [-0.05, 0) is 32.0 Å². The third-order valence-corrected chi connectivity index (χ3v) is 4.46. The molecule has 0 aliphatic carbocycles. The number of halogens is 1. The predicted octanol–water partition coefficient (Wildman–Crippen LogP) is 3.35. The molecule has 128 valence electrons. The van der Waals surface area contributed by atoms with Gasteiger partial charge < -0.3 is 15.2 Å². The maximum Gasteiger partial charge on any atom is 0.342 e. The fourth-order valence-corrected chi connectivity index (χ4v) is 2.94. The number of likely N-dealkylation sites (tertiary alicyclic amines) is 1. The number of nitrogens with two attached hydrogens (primary N) is 1. The third kappa shape index (κ3) is 5.29. The molecule has 0 amide bonds. The number of ether oxygens (including phenoxy) is 2. The number of carbonyl (C=O) groups excluding carboxylic acids is 1. The van der Waals surface area contributed by atoms with Crippen molar-refractivity contribution < 1.29 is 14.3 Å². The molecule has 0 spiro atoms. The first-order valence-corrected chi connectivity index (χ1v) is 8.52. The minimum absolute atomic E-state index is 0.305. The smallest absolute Gasteiger partial charge is 0.342 e. The predicted molar refractivity (Wildman–Crippen MR) is 92.2 cm³/mol. The van der Waals surface area contributed by atoms with Crippen molar-refractivity contribution in [2.24, 2.45) is 0 Å². The number of nitrogens with zero attached hydrogens (tertiary/aromatic N) is 1. The summed E-state index contributed by atoms with van der Waals surface area (Å²) in [6, 6.07) is 3.03. The fourth-order valence-electron chi connectivity index (χ4n) is 2.78. The summed E-state index contributed by atoms with van der Waals surface area (Å²) in [5, 5.41) is 0.321. The maximum absolute atomic E-state index is 12.2. The molecule has 1 aromatic rings. The van der Waals surface area contributed by atoms with Crippen LogP contribution in [0.25, 0.3) is 0 Å². The number of methoxy groups -OCH3 is 1. The van der Waals surface area contributed by atoms with Crippen molar-refractivity contribution in [2.75, 3.05) is 39.1 Å². The molecule has 0 unspecified atom stereocenters. The number of nitrogen functional groups attached to an aromatic ring is 1. The zero-order chi connectivity index (χ0) is 16.7. The van der Waals surface area contributed by atoms with Gasteiger partial charge in [0.05, 0.1) is 17.8 Å². The van der Waals surface area contributed by atoms with Gasteiger partial charge in [0.25, 0.3) is 0 Å². The van der Waals surface area contributed by atoms with Crippen molar-refractivity contribution in [3.8, 4) is 5.75 Å². The van der Waals surface area contributed by atoms with Crippen LogP contribution in [-0.2, 0) is 4.74 Å². The fraction of sp³-hybridized carbons (Fsp3) is 0.588. The normalized spacial score (nSPS) is 16.4. The molecule has 1 aliphatic heterocycles. The van der Waals surface area contributed by atoms with E-state index in [0.29, 0.717) is 28.6 Å². The Morgan fingerprint density at radius 1 is 1.22 bits per heavy atom. The molecule has 1 aromatic carbocycles. The number of rotatable bonds is 5. The van der Waals surface area contributed by atoms with Gasteiger partial charge in [0.15, 0.2) is 0 Å². The standard InChI is InChI=1S/C17H25ClN2O3/c1-22-16-12-15(19)14(18)11-13(16)17(21)23-10-9-20-7-5-3-2-4-6-8-20/h11-12H,2-10,19H2,1H3. The van der Waals surface area contributed by atoms with E-state index in [1.165, 1.54) is 51.3 Å². The highest BCUT2D eigenvalue weighted by molar-refractivity contribution is 6.33. The van der Waals surface area contributed by atoms with E-state index in [9.17, 15) is 4.79 Å². The number of hydrogen-bond donors (Lipinski definition) is 1. The summed E-state index contributed by atoms with van der Waals surface area (Å²) in [6.07, 6.45) is 6.35. The van der Waals surface area contributed by atoms with Crippen molar-refractivity contribution >= 4 is 23.3 Å². The largest absolute Gasteiger partial charge is 0.496 e. The third-order valence-electron chi connectivity index (χ3n) is 4.13. The van der Waals surface area contributed by atoms with Crippen molar-refractivity contribution in [1.29, 1.82) is 0 Å². The summed E-state index contributed by atoms with van der Waals surface area (Å²) in [5.74, 6) is -0.0565. The summed E-state index contributed by atoms with van der Waals surface area (Å²) in [6.45, 7) is 3.28. The highest BCUT2D eigenvalue weighted by Crippen LogP contribution is 2.29. The lowest BCUT2D eigenvalue weighted by Gasteiger charge is -2.24. The Bertz CT molecular complexity index is 529. The topological polar surface area (TPSA) is 64.8 Å². The van der Waals surface area contributed by atoms with E-state index in [-0.39, 0.29) is 0 Å². The minimum Gasteiger partial charge on any atom is -0.496 e. The van der Waals surface area contributed by atoms with Crippen LogP contribution < -0.4 is 10.5 Å². The molecular formula is C17H25ClN2O3. The van der Waals surface area contributed by atoms with Crippen LogP contribution in [0.3, 0.4) is 0 Å². The Balaban J connectivity index is 1.88. The lowest BCUT2D eigenvalue weighted by Crippen LogP contribution is -2.31. The average Bonchev–Trinajstić information content (AvgIpc) is 2.51. The van der Waals surface area contributed by atoms with Crippen molar-refractivity contribution in [3.05, 3.63) is 22.7 Å². The van der Waals surface area contributed by atoms with Crippen LogP contribution in [0.5, 0.6) is 5.75 Å². The summed E-state index contributed by atoms with van der Waals surface area (Å²) in [5.41, 5.74) is 6.40. The molecule has 1 heterocycles. The van der Waals surface area contributed by atoms with Crippen LogP contribution in [0.2, 0.25) is 5.02 Å². The molecule has 0 atom stereocenters. The molecule has 1 aliphatic rings. The quantitative estimate of drug-likeness (QED) is 0.657. The SMILES string of the molecule is COc1cc(N)c(Cl)cc1C(=O)OCCN1CCCCCCC1. The number of benzene rings is 1. The Morgan fingerprint density at radius 3 is 2.52 bits per heavy atom. The number of carbonyl (C=O) groups is 1. The highest BCUT2D eigenvalue weighted by Gasteiger charge is 2.17. The van der Waals surface area contributed by atoms with E-state index in [1.807, 2.05) is 0 Å². The highest BCUT2D eigenvalue weighted by atomic mass is 35.5. The molecule has 0 saturated carbocycles. The van der Waals surface area contributed by atoms with E-state index in [4.69, 9.17) is 26.8 Å². The molecule has 0 aromatic heterocycles. The zero-order valence-corrected chi connectivity index (χ0v) is 14.4. The first-order valence-electron chi connectivity index (χ1n) is 8.14. The maximum atomic E-state index is 12.2. The van der Waals surface area contributed by atoms with Crippen molar-refractivity contribution in [3.63, 3.8) is 0 Å². The van der Waals surface area contributed by atoms with Gasteiger partial charge in [0.2, 0.25) is 0 Å². The van der Waals surface area contributed by atoms with E-state index in [0.717, 1.165) is 19.6 Å². The second kappa shape index (κ2) is 8.99. The second-order valence-electron chi connectivity index (χ2n) is 5.82. The second-order valence-corrected chi connectivity index (χ2v) is 6.23. The van der Waals surface area contributed by atoms with Crippen LogP contribution in [-0.4, -0.2) is 44.2 Å². The summed E-state index contributed by atoms with van der Waals surface area (Å²) in [7, 11) is 1.49. The number of hydrogen-bond acceptors (Lipinski definition) is 5. The molecule has 1 saturated heterocycles. The molecule has 0 bridgehead atoms. The lowest BCUT2D eigenvalue weighted by molar-refractivity contribution is 0.0454. The first-order chi connectivity index (χ1) is 11.1. The molecule has 2 rings (SSSR count). The molecule has 0 radical (unpaired) electrons. The van der Waals surface area contributed by atoms with Gasteiger partial charge in [0, 0.05) is 12.6 Å². The first kappa shape index (κ1) is 17.9. The minimum atomic E-state index is -0.434. The van der Waals surface area contributed by atoms with Crippen LogP contribution in [0.1, 0.15) is 42.5 Å². The van der Waals surface area contributed by atoms with Gasteiger partial charge >= 0.3 is 5.97 Å². The van der Waals surface area contributed by atoms with Crippen LogP contribution in [0.4, 0.5) is 5.69 Å². The summed E-state index contributed by atoms with van der Waals surface area (Å²) >= 11 is 5.98. The van der Waals surface area contributed by atoms with Crippen molar-refractivity contribution in [1.82, 2.24) is 4.90 Å². The van der Waals surface area contributed by atoms with Gasteiger partial charge in [-0.3, -0.25) is 4.90 Å². The van der Waals surface area contributed by atoms with E-state index in [1.54, 1.807) is 0 Å². The van der Waals surface area contributed by atoms with E-state index in [2.05, 4.69) is 4.90 Å². The van der Waals surface area contributed by atoms with Gasteiger partial charge in [-0.1, -0.05) is 30.9 Å². The summed E-state index contributed by atoms with van der Waals surface area (Å²) < 4.78 is 10.6. The van der Waals surface area contributed by atoms with Crippen LogP contribution in [0, 0.1) is 0 Å². The van der Waals surface area contributed by atoms with Gasteiger partial charge in [-0.15, -0.1) is 0 Å². The number of esters is 1. The van der Waals surface area contributed by atoms with Gasteiger partial charge in [0.1, 0.15) is 17.9 Å². The van der Waals surface area contributed by atoms with Crippen LogP contribution >= 0.6 is 11.6 Å². The van der Waals surface area contributed by atoms with E-state index < -0.39 is 5.97 Å². The van der Waals surface area contributed by atoms with Gasteiger partial charge in [-0.2, -0.15) is 0 Å². The molecule has 5 nitrogen and oxygen atoms in total. The molecule has 1 fully saturated rings. The van der Waals surface area contributed by atoms with E-state index >= 15 is 0 Å². The van der Waals surface area contributed by atoms with Gasteiger partial charge in [-0.25, -0.2) is 4.79 Å². The van der Waals surface area contributed by atoms with Crippen LogP contribution in [0.15, 0.2) is 12.1 Å². The zero-order valence-electron chi connectivity index (χ0n) is 13.6. The Morgan fingerprint density at radius 2 is 1.87 bits per heavy atom. The summed E-state index contributed by atoms with van der Waals surface area (Å²) in [4.78, 5) is 14.6. The Kier molecular flexibility index (Phi) is 6.99. The molecular weight excluding hydrogens is 316 g/mol. The lowest BCUT2D eigenvalue weighted by atomic mass is 10.1. The average molecular weight is 341 g/mol. The molecule has 6 heteroatoms. The Hall–Kier alpha value is -1.46.